The molecule has 0 aliphatic carbocycles. The summed E-state index contributed by atoms with van der Waals surface area (Å²) in [4.78, 5) is 24.2. The van der Waals surface area contributed by atoms with E-state index in [1.807, 2.05) is 52.8 Å². The van der Waals surface area contributed by atoms with Crippen molar-refractivity contribution in [2.24, 2.45) is 0 Å². The molecule has 1 aliphatic rings. The van der Waals surface area contributed by atoms with Gasteiger partial charge >= 0.3 is 0 Å². The third-order valence-electron chi connectivity index (χ3n) is 5.22. The number of amides is 1. The van der Waals surface area contributed by atoms with Gasteiger partial charge in [0, 0.05) is 17.8 Å². The first kappa shape index (κ1) is 17.5. The Balaban J connectivity index is 1.66. The fraction of sp³-hybridized carbons (Fsp3) is 0.381. The monoisotopic (exact) mass is 364 g/mol. The van der Waals surface area contributed by atoms with Crippen LogP contribution in [0.4, 0.5) is 0 Å². The second-order valence-electron chi connectivity index (χ2n) is 7.03. The number of piperidine rings is 1. The molecule has 0 N–H and O–H groups in total. The molecule has 2 aromatic heterocycles. The minimum Gasteiger partial charge on any atom is -0.496 e. The first-order valence-electron chi connectivity index (χ1n) is 9.38. The summed E-state index contributed by atoms with van der Waals surface area (Å²) in [5.74, 6) is 1.77. The van der Waals surface area contributed by atoms with Crippen molar-refractivity contribution < 1.29 is 9.53 Å². The van der Waals surface area contributed by atoms with Crippen LogP contribution in [0.5, 0.6) is 5.75 Å². The SMILES string of the molecule is COc1ccccc1CC(=O)N1CCCC[C@H]1c1nc(C)cc2cncn12. The molecule has 1 aromatic carbocycles. The molecule has 3 heterocycles. The number of carbonyl (C=O) groups excluding carboxylic acids is 1. The highest BCUT2D eigenvalue weighted by atomic mass is 16.5. The van der Waals surface area contributed by atoms with Crippen molar-refractivity contribution in [2.45, 2.75) is 38.6 Å². The van der Waals surface area contributed by atoms with E-state index in [-0.39, 0.29) is 11.9 Å². The van der Waals surface area contributed by atoms with E-state index < -0.39 is 0 Å². The number of benzene rings is 1. The largest absolute Gasteiger partial charge is 0.496 e. The lowest BCUT2D eigenvalue weighted by Crippen LogP contribution is -2.40. The molecule has 140 valence electrons. The highest BCUT2D eigenvalue weighted by molar-refractivity contribution is 5.80. The molecule has 0 bridgehead atoms. The normalized spacial score (nSPS) is 17.3. The maximum absolute atomic E-state index is 13.2. The maximum Gasteiger partial charge on any atom is 0.227 e. The number of carbonyl (C=O) groups is 1. The lowest BCUT2D eigenvalue weighted by Gasteiger charge is -2.36. The van der Waals surface area contributed by atoms with Gasteiger partial charge in [-0.15, -0.1) is 0 Å². The second kappa shape index (κ2) is 7.39. The fourth-order valence-electron chi connectivity index (χ4n) is 3.93. The van der Waals surface area contributed by atoms with Crippen molar-refractivity contribution in [1.82, 2.24) is 19.3 Å². The van der Waals surface area contributed by atoms with Crippen molar-refractivity contribution in [2.75, 3.05) is 13.7 Å². The molecule has 1 amide bonds. The lowest BCUT2D eigenvalue weighted by atomic mass is 9.99. The number of aromatic nitrogens is 3. The van der Waals surface area contributed by atoms with Crippen LogP contribution in [0.15, 0.2) is 42.9 Å². The second-order valence-corrected chi connectivity index (χ2v) is 7.03. The predicted molar refractivity (Wildman–Crippen MR) is 103 cm³/mol. The summed E-state index contributed by atoms with van der Waals surface area (Å²) < 4.78 is 7.42. The zero-order valence-corrected chi connectivity index (χ0v) is 15.8. The van der Waals surface area contributed by atoms with E-state index in [9.17, 15) is 4.79 Å². The van der Waals surface area contributed by atoms with Gasteiger partial charge in [-0.3, -0.25) is 9.20 Å². The molecule has 0 unspecified atom stereocenters. The summed E-state index contributed by atoms with van der Waals surface area (Å²) in [6.07, 6.45) is 6.99. The maximum atomic E-state index is 13.2. The van der Waals surface area contributed by atoms with Gasteiger partial charge in [-0.25, -0.2) is 9.97 Å². The standard InChI is InChI=1S/C21H24N4O2/c1-15-11-17-13-22-14-25(17)21(23-15)18-8-5-6-10-24(18)20(26)12-16-7-3-4-9-19(16)27-2/h3-4,7,9,11,13-14,18H,5-6,8,10,12H2,1-2H3/t18-/m0/s1. The number of methoxy groups -OCH3 is 1. The highest BCUT2D eigenvalue weighted by Crippen LogP contribution is 2.31. The van der Waals surface area contributed by atoms with E-state index in [1.165, 1.54) is 0 Å². The van der Waals surface area contributed by atoms with Crippen LogP contribution < -0.4 is 4.74 Å². The molecule has 0 spiro atoms. The third-order valence-corrected chi connectivity index (χ3v) is 5.22. The molecule has 1 aliphatic heterocycles. The van der Waals surface area contributed by atoms with Gasteiger partial charge in [0.25, 0.3) is 0 Å². The Morgan fingerprint density at radius 1 is 1.30 bits per heavy atom. The third kappa shape index (κ3) is 3.39. The van der Waals surface area contributed by atoms with Gasteiger partial charge in [0.05, 0.1) is 31.3 Å². The van der Waals surface area contributed by atoms with Crippen LogP contribution in [0.25, 0.3) is 5.52 Å². The van der Waals surface area contributed by atoms with Crippen LogP contribution >= 0.6 is 0 Å². The molecule has 1 fully saturated rings. The molecule has 6 heteroatoms. The van der Waals surface area contributed by atoms with Crippen LogP contribution in [0, 0.1) is 6.92 Å². The average molecular weight is 364 g/mol. The van der Waals surface area contributed by atoms with E-state index in [2.05, 4.69) is 4.98 Å². The minimum atomic E-state index is -0.0300. The van der Waals surface area contributed by atoms with Gasteiger partial charge in [-0.1, -0.05) is 18.2 Å². The molecular weight excluding hydrogens is 340 g/mol. The number of likely N-dealkylation sites (tertiary alicyclic amines) is 1. The molecule has 6 nitrogen and oxygen atoms in total. The number of fused-ring (bicyclic) bond motifs is 1. The molecule has 1 saturated heterocycles. The summed E-state index contributed by atoms with van der Waals surface area (Å²) in [5.41, 5.74) is 2.88. The molecule has 0 radical (unpaired) electrons. The Hall–Kier alpha value is -2.89. The molecule has 27 heavy (non-hydrogen) atoms. The Morgan fingerprint density at radius 3 is 3.00 bits per heavy atom. The zero-order chi connectivity index (χ0) is 18.8. The van der Waals surface area contributed by atoms with Gasteiger partial charge in [0.1, 0.15) is 17.9 Å². The van der Waals surface area contributed by atoms with Crippen LogP contribution in [-0.2, 0) is 11.2 Å². The van der Waals surface area contributed by atoms with Crippen LogP contribution in [0.3, 0.4) is 0 Å². The minimum absolute atomic E-state index is 0.0300. The number of imidazole rings is 1. The van der Waals surface area contributed by atoms with Crippen molar-refractivity contribution in [1.29, 1.82) is 0 Å². The van der Waals surface area contributed by atoms with E-state index in [4.69, 9.17) is 9.72 Å². The Kier molecular flexibility index (Phi) is 4.79. The van der Waals surface area contributed by atoms with Gasteiger partial charge in [-0.05, 0) is 38.3 Å². The van der Waals surface area contributed by atoms with Gasteiger partial charge in [0.15, 0.2) is 0 Å². The number of hydrogen-bond donors (Lipinski definition) is 0. The summed E-state index contributed by atoms with van der Waals surface area (Å²) in [5, 5.41) is 0. The van der Waals surface area contributed by atoms with Crippen molar-refractivity contribution >= 4 is 11.4 Å². The molecule has 0 saturated carbocycles. The summed E-state index contributed by atoms with van der Waals surface area (Å²) in [6, 6.07) is 9.69. The highest BCUT2D eigenvalue weighted by Gasteiger charge is 2.31. The van der Waals surface area contributed by atoms with Crippen LogP contribution in [0.1, 0.15) is 42.4 Å². The number of para-hydroxylation sites is 1. The Bertz CT molecular complexity index is 966. The van der Waals surface area contributed by atoms with Gasteiger partial charge in [0.2, 0.25) is 5.91 Å². The lowest BCUT2D eigenvalue weighted by molar-refractivity contribution is -0.134. The summed E-state index contributed by atoms with van der Waals surface area (Å²) in [6.45, 7) is 2.74. The quantitative estimate of drug-likeness (QED) is 0.712. The first-order chi connectivity index (χ1) is 13.2. The van der Waals surface area contributed by atoms with Crippen molar-refractivity contribution in [3.05, 3.63) is 59.9 Å². The Labute approximate surface area is 158 Å². The van der Waals surface area contributed by atoms with E-state index in [0.717, 1.165) is 54.2 Å². The van der Waals surface area contributed by atoms with E-state index in [1.54, 1.807) is 13.4 Å². The molecule has 1 atom stereocenters. The number of aryl methyl sites for hydroxylation is 1. The van der Waals surface area contributed by atoms with Gasteiger partial charge < -0.3 is 9.64 Å². The fourth-order valence-corrected chi connectivity index (χ4v) is 3.93. The first-order valence-corrected chi connectivity index (χ1v) is 9.38. The zero-order valence-electron chi connectivity index (χ0n) is 15.8. The number of hydrogen-bond acceptors (Lipinski definition) is 4. The summed E-state index contributed by atoms with van der Waals surface area (Å²) >= 11 is 0. The predicted octanol–water partition coefficient (Wildman–Crippen LogP) is 3.34. The van der Waals surface area contributed by atoms with Crippen molar-refractivity contribution in [3.8, 4) is 5.75 Å². The smallest absolute Gasteiger partial charge is 0.227 e. The topological polar surface area (TPSA) is 59.7 Å². The van der Waals surface area contributed by atoms with E-state index >= 15 is 0 Å². The summed E-state index contributed by atoms with van der Waals surface area (Å²) in [7, 11) is 1.64. The number of rotatable bonds is 4. The Morgan fingerprint density at radius 2 is 2.15 bits per heavy atom. The molecular formula is C21H24N4O2. The number of nitrogens with zero attached hydrogens (tertiary/aromatic N) is 4. The van der Waals surface area contributed by atoms with E-state index in [0.29, 0.717) is 6.42 Å². The average Bonchev–Trinajstić information content (AvgIpc) is 3.16. The number of ether oxygens (including phenoxy) is 1. The van der Waals surface area contributed by atoms with Crippen LogP contribution in [0.2, 0.25) is 0 Å². The van der Waals surface area contributed by atoms with Crippen molar-refractivity contribution in [3.63, 3.8) is 0 Å². The molecule has 4 rings (SSSR count). The van der Waals surface area contributed by atoms with Gasteiger partial charge in [-0.2, -0.15) is 0 Å². The molecule has 3 aromatic rings. The van der Waals surface area contributed by atoms with Crippen LogP contribution in [-0.4, -0.2) is 38.8 Å².